The first-order valence-electron chi connectivity index (χ1n) is 7.54. The number of benzene rings is 1. The Morgan fingerprint density at radius 1 is 1.28 bits per heavy atom. The average Bonchev–Trinajstić information content (AvgIpc) is 2.55. The van der Waals surface area contributed by atoms with E-state index < -0.39 is 15.9 Å². The minimum Gasteiger partial charge on any atom is -0.271 e. The highest BCUT2D eigenvalue weighted by Crippen LogP contribution is 2.20. The summed E-state index contributed by atoms with van der Waals surface area (Å²) in [7, 11) is -3.61. The fourth-order valence-electron chi connectivity index (χ4n) is 2.08. The second kappa shape index (κ2) is 7.89. The van der Waals surface area contributed by atoms with Crippen molar-refractivity contribution < 1.29 is 13.2 Å². The van der Waals surface area contributed by atoms with Gasteiger partial charge in [0.2, 0.25) is 10.0 Å². The van der Waals surface area contributed by atoms with Gasteiger partial charge in [-0.15, -0.1) is 0 Å². The summed E-state index contributed by atoms with van der Waals surface area (Å²) < 4.78 is 25.2. The maximum Gasteiger partial charge on any atom is 0.260 e. The molecule has 0 saturated carbocycles. The molecule has 2 rings (SSSR count). The number of carbonyl (C=O) groups excluding carboxylic acids is 1. The van der Waals surface area contributed by atoms with Crippen LogP contribution >= 0.6 is 0 Å². The van der Waals surface area contributed by atoms with Crippen LogP contribution in [0.15, 0.2) is 47.8 Å². The molecule has 0 aliphatic heterocycles. The van der Waals surface area contributed by atoms with Gasteiger partial charge in [-0.2, -0.15) is 5.10 Å². The maximum atomic E-state index is 12.1. The van der Waals surface area contributed by atoms with Crippen molar-refractivity contribution in [3.63, 3.8) is 0 Å². The normalized spacial score (nSPS) is 11.5. The number of hydrazone groups is 1. The van der Waals surface area contributed by atoms with E-state index in [4.69, 9.17) is 0 Å². The molecule has 1 heterocycles. The van der Waals surface area contributed by atoms with E-state index in [9.17, 15) is 13.2 Å². The lowest BCUT2D eigenvalue weighted by molar-refractivity contribution is -0.119. The largest absolute Gasteiger partial charge is 0.271 e. The van der Waals surface area contributed by atoms with Gasteiger partial charge in [-0.3, -0.25) is 14.1 Å². The van der Waals surface area contributed by atoms with Gasteiger partial charge in [0.05, 0.1) is 18.2 Å². The first-order valence-corrected chi connectivity index (χ1v) is 9.39. The smallest absolute Gasteiger partial charge is 0.260 e. The highest BCUT2D eigenvalue weighted by molar-refractivity contribution is 7.92. The van der Waals surface area contributed by atoms with Crippen LogP contribution in [0.3, 0.4) is 0 Å². The van der Waals surface area contributed by atoms with Crippen molar-refractivity contribution in [3.8, 4) is 0 Å². The van der Waals surface area contributed by atoms with E-state index in [-0.39, 0.29) is 6.54 Å². The lowest BCUT2D eigenvalue weighted by atomic mass is 10.1. The van der Waals surface area contributed by atoms with E-state index in [0.29, 0.717) is 5.69 Å². The SMILES string of the molecule is Cc1ccc(N(CC(=O)N/N=C\c2cccnc2)S(C)(=O)=O)cc1C. The Hall–Kier alpha value is -2.74. The molecule has 0 saturated heterocycles. The van der Waals surface area contributed by atoms with Crippen LogP contribution in [0.5, 0.6) is 0 Å². The number of pyridine rings is 1. The quantitative estimate of drug-likeness (QED) is 0.626. The molecule has 8 heteroatoms. The van der Waals surface area contributed by atoms with E-state index >= 15 is 0 Å². The number of nitrogens with zero attached hydrogens (tertiary/aromatic N) is 3. The molecule has 0 aliphatic carbocycles. The summed E-state index contributed by atoms with van der Waals surface area (Å²) in [5, 5.41) is 3.82. The van der Waals surface area contributed by atoms with E-state index in [0.717, 1.165) is 27.3 Å². The number of carbonyl (C=O) groups is 1. The Labute approximate surface area is 147 Å². The standard InChI is InChI=1S/C17H20N4O3S/c1-13-6-7-16(9-14(13)2)21(25(3,23)24)12-17(22)20-19-11-15-5-4-8-18-10-15/h4-11H,12H2,1-3H3,(H,20,22)/b19-11-. The number of hydrogen-bond acceptors (Lipinski definition) is 5. The molecule has 7 nitrogen and oxygen atoms in total. The molecule has 0 unspecified atom stereocenters. The first-order chi connectivity index (χ1) is 11.8. The van der Waals surface area contributed by atoms with E-state index in [2.05, 4.69) is 15.5 Å². The number of aromatic nitrogens is 1. The van der Waals surface area contributed by atoms with Crippen LogP contribution in [0.25, 0.3) is 0 Å². The maximum absolute atomic E-state index is 12.1. The molecular weight excluding hydrogens is 340 g/mol. The van der Waals surface area contributed by atoms with Crippen LogP contribution in [-0.2, 0) is 14.8 Å². The second-order valence-electron chi connectivity index (χ2n) is 5.62. The Kier molecular flexibility index (Phi) is 5.87. The lowest BCUT2D eigenvalue weighted by Gasteiger charge is -2.22. The first kappa shape index (κ1) is 18.6. The molecule has 1 aromatic carbocycles. The summed E-state index contributed by atoms with van der Waals surface area (Å²) in [6, 6.07) is 8.76. The zero-order valence-corrected chi connectivity index (χ0v) is 15.1. The molecular formula is C17H20N4O3S. The number of aryl methyl sites for hydroxylation is 2. The molecule has 0 fully saturated rings. The van der Waals surface area contributed by atoms with Gasteiger partial charge in [0.1, 0.15) is 6.54 Å². The van der Waals surface area contributed by atoms with Crippen molar-refractivity contribution >= 4 is 27.8 Å². The number of nitrogens with one attached hydrogen (secondary N) is 1. The predicted molar refractivity (Wildman–Crippen MR) is 98.1 cm³/mol. The summed E-state index contributed by atoms with van der Waals surface area (Å²) in [6.07, 6.45) is 5.72. The number of amides is 1. The third kappa shape index (κ3) is 5.39. The lowest BCUT2D eigenvalue weighted by Crippen LogP contribution is -2.39. The van der Waals surface area contributed by atoms with E-state index in [1.807, 2.05) is 19.9 Å². The van der Waals surface area contributed by atoms with Crippen LogP contribution in [0.4, 0.5) is 5.69 Å². The minimum atomic E-state index is -3.61. The van der Waals surface area contributed by atoms with Gasteiger partial charge >= 0.3 is 0 Å². The molecule has 132 valence electrons. The van der Waals surface area contributed by atoms with Gasteiger partial charge in [0.25, 0.3) is 5.91 Å². The van der Waals surface area contributed by atoms with Crippen LogP contribution < -0.4 is 9.73 Å². The Morgan fingerprint density at radius 2 is 2.04 bits per heavy atom. The summed E-state index contributed by atoms with van der Waals surface area (Å²) in [6.45, 7) is 3.47. The fourth-order valence-corrected chi connectivity index (χ4v) is 2.93. The van der Waals surface area contributed by atoms with E-state index in [1.165, 1.54) is 6.21 Å². The van der Waals surface area contributed by atoms with Crippen molar-refractivity contribution in [2.75, 3.05) is 17.1 Å². The Balaban J connectivity index is 2.10. The molecule has 0 radical (unpaired) electrons. The van der Waals surface area contributed by atoms with Crippen LogP contribution in [-0.4, -0.2) is 38.3 Å². The van der Waals surface area contributed by atoms with Crippen molar-refractivity contribution in [2.24, 2.45) is 5.10 Å². The molecule has 0 bridgehead atoms. The summed E-state index contributed by atoms with van der Waals surface area (Å²) in [5.41, 5.74) is 5.48. The molecule has 0 spiro atoms. The van der Waals surface area contributed by atoms with Gasteiger partial charge in [0, 0.05) is 18.0 Å². The Morgan fingerprint density at radius 3 is 2.64 bits per heavy atom. The number of sulfonamides is 1. The number of anilines is 1. The molecule has 1 amide bonds. The fraction of sp³-hybridized carbons (Fsp3) is 0.235. The monoisotopic (exact) mass is 360 g/mol. The van der Waals surface area contributed by atoms with Crippen LogP contribution in [0.1, 0.15) is 16.7 Å². The van der Waals surface area contributed by atoms with Gasteiger partial charge in [0.15, 0.2) is 0 Å². The summed E-state index contributed by atoms with van der Waals surface area (Å²) in [4.78, 5) is 16.0. The van der Waals surface area contributed by atoms with Crippen molar-refractivity contribution in [1.82, 2.24) is 10.4 Å². The molecule has 0 aliphatic rings. The third-order valence-electron chi connectivity index (χ3n) is 3.55. The van der Waals surface area contributed by atoms with Crippen molar-refractivity contribution in [2.45, 2.75) is 13.8 Å². The molecule has 2 aromatic rings. The Bertz CT molecular complexity index is 880. The highest BCUT2D eigenvalue weighted by atomic mass is 32.2. The van der Waals surface area contributed by atoms with Crippen molar-refractivity contribution in [1.29, 1.82) is 0 Å². The summed E-state index contributed by atoms with van der Waals surface area (Å²) >= 11 is 0. The van der Waals surface area contributed by atoms with Crippen molar-refractivity contribution in [3.05, 3.63) is 59.4 Å². The van der Waals surface area contributed by atoms with Gasteiger partial charge in [-0.05, 0) is 43.2 Å². The number of rotatable bonds is 6. The zero-order chi connectivity index (χ0) is 18.4. The second-order valence-corrected chi connectivity index (χ2v) is 7.52. The third-order valence-corrected chi connectivity index (χ3v) is 4.69. The molecule has 1 aromatic heterocycles. The zero-order valence-electron chi connectivity index (χ0n) is 14.3. The summed E-state index contributed by atoms with van der Waals surface area (Å²) in [5.74, 6) is -0.538. The van der Waals surface area contributed by atoms with Gasteiger partial charge in [-0.25, -0.2) is 13.8 Å². The molecule has 1 N–H and O–H groups in total. The van der Waals surface area contributed by atoms with Gasteiger partial charge < -0.3 is 0 Å². The van der Waals surface area contributed by atoms with Crippen LogP contribution in [0.2, 0.25) is 0 Å². The van der Waals surface area contributed by atoms with Gasteiger partial charge in [-0.1, -0.05) is 12.1 Å². The predicted octanol–water partition coefficient (Wildman–Crippen LogP) is 1.61. The van der Waals surface area contributed by atoms with E-state index in [1.54, 1.807) is 36.7 Å². The highest BCUT2D eigenvalue weighted by Gasteiger charge is 2.21. The molecule has 25 heavy (non-hydrogen) atoms. The average molecular weight is 360 g/mol. The topological polar surface area (TPSA) is 91.7 Å². The minimum absolute atomic E-state index is 0.355. The number of hydrogen-bond donors (Lipinski definition) is 1. The van der Waals surface area contributed by atoms with Crippen LogP contribution in [0, 0.1) is 13.8 Å². The molecule has 0 atom stereocenters.